The number of rotatable bonds is 2. The zero-order chi connectivity index (χ0) is 15.0. The fourth-order valence-corrected chi connectivity index (χ4v) is 4.62. The maximum absolute atomic E-state index is 13.0. The molecule has 0 atom stereocenters. The van der Waals surface area contributed by atoms with E-state index in [0.717, 1.165) is 42.5 Å². The largest absolute Gasteiger partial charge is 0.281 e. The highest BCUT2D eigenvalue weighted by Crippen LogP contribution is 2.57. The molecule has 1 aromatic carbocycles. The second-order valence-corrected chi connectivity index (χ2v) is 6.95. The van der Waals surface area contributed by atoms with Gasteiger partial charge in [-0.25, -0.2) is 0 Å². The van der Waals surface area contributed by atoms with Crippen LogP contribution in [0.15, 0.2) is 23.1 Å². The molecule has 2 aromatic rings. The van der Waals surface area contributed by atoms with Crippen LogP contribution in [0.3, 0.4) is 0 Å². The lowest BCUT2D eigenvalue weighted by Crippen LogP contribution is -2.58. The van der Waals surface area contributed by atoms with Gasteiger partial charge in [0, 0.05) is 30.1 Å². The Bertz CT molecular complexity index is 629. The fourth-order valence-electron chi connectivity index (χ4n) is 3.60. The van der Waals surface area contributed by atoms with Gasteiger partial charge in [-0.2, -0.15) is 8.98 Å². The smallest absolute Gasteiger partial charge is 0.0936 e. The SMILES string of the molecule is CC.FSc1cccc2n[nH]c(C3CC4(C3)CN(S)C4)c12. The lowest BCUT2D eigenvalue weighted by Gasteiger charge is -2.57. The molecule has 1 saturated heterocycles. The minimum absolute atomic E-state index is 0.309. The predicted octanol–water partition coefficient (Wildman–Crippen LogP) is 4.59. The molecule has 0 unspecified atom stereocenters. The molecule has 4 rings (SSSR count). The van der Waals surface area contributed by atoms with Crippen molar-refractivity contribution >= 4 is 35.9 Å². The highest BCUT2D eigenvalue weighted by Gasteiger charge is 2.52. The lowest BCUT2D eigenvalue weighted by molar-refractivity contribution is -0.0194. The highest BCUT2D eigenvalue weighted by molar-refractivity contribution is 7.94. The third-order valence-electron chi connectivity index (χ3n) is 4.46. The third kappa shape index (κ3) is 2.47. The molecule has 1 N–H and O–H groups in total. The van der Waals surface area contributed by atoms with Crippen LogP contribution in [0, 0.1) is 5.41 Å². The summed E-state index contributed by atoms with van der Waals surface area (Å²) in [6.45, 7) is 6.15. The Balaban J connectivity index is 0.000000636. The normalized spacial score (nSPS) is 20.8. The molecule has 1 aliphatic heterocycles. The first-order valence-corrected chi connectivity index (χ1v) is 8.52. The number of hydrogen-bond donors (Lipinski definition) is 2. The van der Waals surface area contributed by atoms with Gasteiger partial charge in [0.15, 0.2) is 0 Å². The molecule has 0 bridgehead atoms. The van der Waals surface area contributed by atoms with Crippen LogP contribution in [-0.4, -0.2) is 27.6 Å². The number of benzene rings is 1. The number of nitrogens with zero attached hydrogens (tertiary/aromatic N) is 2. The van der Waals surface area contributed by atoms with Crippen LogP contribution < -0.4 is 0 Å². The summed E-state index contributed by atoms with van der Waals surface area (Å²) in [7, 11) is 0. The zero-order valence-corrected chi connectivity index (χ0v) is 14.0. The van der Waals surface area contributed by atoms with Gasteiger partial charge in [0.25, 0.3) is 0 Å². The molecule has 1 saturated carbocycles. The molecule has 0 radical (unpaired) electrons. The van der Waals surface area contributed by atoms with Gasteiger partial charge in [-0.1, -0.05) is 32.7 Å². The summed E-state index contributed by atoms with van der Waals surface area (Å²) >= 11 is 4.65. The van der Waals surface area contributed by atoms with Gasteiger partial charge in [0.1, 0.15) is 0 Å². The molecule has 6 heteroatoms. The first kappa shape index (κ1) is 15.2. The summed E-state index contributed by atoms with van der Waals surface area (Å²) < 4.78 is 15.1. The summed E-state index contributed by atoms with van der Waals surface area (Å²) in [6.07, 6.45) is 2.32. The van der Waals surface area contributed by atoms with Crippen LogP contribution in [0.2, 0.25) is 0 Å². The second-order valence-electron chi connectivity index (χ2n) is 5.79. The Morgan fingerprint density at radius 2 is 2.10 bits per heavy atom. The zero-order valence-electron chi connectivity index (χ0n) is 12.3. The average molecular weight is 325 g/mol. The molecule has 1 aliphatic carbocycles. The first-order chi connectivity index (χ1) is 10.2. The molecular formula is C15H20FN3S2. The van der Waals surface area contributed by atoms with Gasteiger partial charge in [-0.15, -0.1) is 0 Å². The van der Waals surface area contributed by atoms with Crippen molar-refractivity contribution in [3.8, 4) is 0 Å². The second kappa shape index (κ2) is 5.82. The number of nitrogens with one attached hydrogen (secondary N) is 1. The molecular weight excluding hydrogens is 305 g/mol. The molecule has 2 fully saturated rings. The number of H-pyrrole nitrogens is 1. The van der Waals surface area contributed by atoms with E-state index in [4.69, 9.17) is 0 Å². The molecule has 1 spiro atoms. The maximum Gasteiger partial charge on any atom is 0.0936 e. The van der Waals surface area contributed by atoms with Crippen molar-refractivity contribution < 1.29 is 3.89 Å². The molecule has 0 amide bonds. The molecule has 1 aromatic heterocycles. The summed E-state index contributed by atoms with van der Waals surface area (Å²) in [5.41, 5.74) is 2.43. The summed E-state index contributed by atoms with van der Waals surface area (Å²) in [5.74, 6) is 0.486. The van der Waals surface area contributed by atoms with Crippen LogP contribution >= 0.6 is 25.0 Å². The van der Waals surface area contributed by atoms with Crippen molar-refractivity contribution in [3.05, 3.63) is 23.9 Å². The quantitative estimate of drug-likeness (QED) is 0.792. The lowest BCUT2D eigenvalue weighted by atomic mass is 9.57. The fraction of sp³-hybridized carbons (Fsp3) is 0.533. The average Bonchev–Trinajstić information content (AvgIpc) is 2.87. The van der Waals surface area contributed by atoms with Crippen molar-refractivity contribution in [1.29, 1.82) is 0 Å². The van der Waals surface area contributed by atoms with E-state index in [9.17, 15) is 3.89 Å². The number of aromatic amines is 1. The highest BCUT2D eigenvalue weighted by atomic mass is 32.2. The molecule has 3 nitrogen and oxygen atoms in total. The topological polar surface area (TPSA) is 31.9 Å². The predicted molar refractivity (Wildman–Crippen MR) is 89.4 cm³/mol. The van der Waals surface area contributed by atoms with E-state index >= 15 is 0 Å². The number of halogens is 1. The number of thiol groups is 1. The summed E-state index contributed by atoms with van der Waals surface area (Å²) in [4.78, 5) is 0.673. The number of aromatic nitrogens is 2. The monoisotopic (exact) mass is 325 g/mol. The Hall–Kier alpha value is -0.720. The first-order valence-electron chi connectivity index (χ1n) is 7.40. The van der Waals surface area contributed by atoms with E-state index in [2.05, 4.69) is 27.3 Å². The van der Waals surface area contributed by atoms with Crippen LogP contribution in [0.25, 0.3) is 10.9 Å². The van der Waals surface area contributed by atoms with Crippen molar-refractivity contribution in [3.63, 3.8) is 0 Å². The minimum atomic E-state index is 0.309. The van der Waals surface area contributed by atoms with Crippen molar-refractivity contribution in [2.24, 2.45) is 5.41 Å². The maximum atomic E-state index is 13.0. The molecule has 2 heterocycles. The van der Waals surface area contributed by atoms with Crippen molar-refractivity contribution in [1.82, 2.24) is 14.5 Å². The Kier molecular flexibility index (Phi) is 4.21. The van der Waals surface area contributed by atoms with Crippen LogP contribution in [0.1, 0.15) is 38.3 Å². The summed E-state index contributed by atoms with van der Waals surface area (Å²) in [5, 5.41) is 8.40. The van der Waals surface area contributed by atoms with E-state index in [1.54, 1.807) is 0 Å². The van der Waals surface area contributed by atoms with E-state index in [0.29, 0.717) is 28.4 Å². The Labute approximate surface area is 134 Å². The van der Waals surface area contributed by atoms with Gasteiger partial charge in [-0.05, 0) is 30.4 Å². The van der Waals surface area contributed by atoms with Gasteiger partial charge in [-0.3, -0.25) is 9.40 Å². The van der Waals surface area contributed by atoms with Crippen LogP contribution in [-0.2, 0) is 0 Å². The number of fused-ring (bicyclic) bond motifs is 1. The van der Waals surface area contributed by atoms with Gasteiger partial charge >= 0.3 is 0 Å². The standard InChI is InChI=1S/C13H14FN3S2.C2H6/c14-19-10-3-1-2-9-11(10)12(16-15-9)8-4-13(5-8)6-17(18)7-13;1-2/h1-3,8,18H,4-7H2,(H,15,16);1-2H3. The number of hydrogen-bond acceptors (Lipinski definition) is 4. The van der Waals surface area contributed by atoms with E-state index in [-0.39, 0.29) is 0 Å². The van der Waals surface area contributed by atoms with Gasteiger partial charge in [0.05, 0.1) is 22.6 Å². The van der Waals surface area contributed by atoms with Crippen LogP contribution in [0.5, 0.6) is 0 Å². The Morgan fingerprint density at radius 1 is 1.38 bits per heavy atom. The van der Waals surface area contributed by atoms with Crippen molar-refractivity contribution in [2.75, 3.05) is 13.1 Å². The molecule has 21 heavy (non-hydrogen) atoms. The van der Waals surface area contributed by atoms with E-state index in [1.165, 1.54) is 0 Å². The van der Waals surface area contributed by atoms with E-state index < -0.39 is 0 Å². The summed E-state index contributed by atoms with van der Waals surface area (Å²) in [6, 6.07) is 5.60. The van der Waals surface area contributed by atoms with Gasteiger partial charge in [0.2, 0.25) is 0 Å². The minimum Gasteiger partial charge on any atom is -0.281 e. The Morgan fingerprint density at radius 3 is 2.71 bits per heavy atom. The van der Waals surface area contributed by atoms with E-state index in [1.807, 2.05) is 32.0 Å². The van der Waals surface area contributed by atoms with Crippen LogP contribution in [0.4, 0.5) is 3.89 Å². The van der Waals surface area contributed by atoms with Crippen molar-refractivity contribution in [2.45, 2.75) is 37.5 Å². The molecule has 114 valence electrons. The van der Waals surface area contributed by atoms with Gasteiger partial charge < -0.3 is 0 Å². The third-order valence-corrected chi connectivity index (χ3v) is 5.25. The molecule has 2 aliphatic rings.